The first-order valence-corrected chi connectivity index (χ1v) is 7.43. The monoisotopic (exact) mass is 317 g/mol. The zero-order valence-electron chi connectivity index (χ0n) is 12.8. The molecule has 7 nitrogen and oxygen atoms in total. The summed E-state index contributed by atoms with van der Waals surface area (Å²) in [4.78, 5) is 22.3. The van der Waals surface area contributed by atoms with E-state index in [1.807, 2.05) is 0 Å². The van der Waals surface area contributed by atoms with E-state index < -0.39 is 0 Å². The van der Waals surface area contributed by atoms with Crippen LogP contribution in [0.2, 0.25) is 0 Å². The molecule has 0 rings (SSSR count). The Morgan fingerprint density at radius 3 is 2.52 bits per heavy atom. The zero-order valence-corrected chi connectivity index (χ0v) is 13.7. The molecule has 0 saturated heterocycles. The number of Topliss-reactive ketones (excluding diaryl/α,β-unsaturated/α-hetero) is 1. The Morgan fingerprint density at radius 2 is 2.00 bits per heavy atom. The van der Waals surface area contributed by atoms with E-state index in [-0.39, 0.29) is 17.7 Å². The number of unbranched alkanes of at least 4 members (excludes halogenated alkanes) is 1. The van der Waals surface area contributed by atoms with Crippen molar-refractivity contribution in [2.75, 3.05) is 13.6 Å². The summed E-state index contributed by atoms with van der Waals surface area (Å²) >= 11 is 3.74. The van der Waals surface area contributed by atoms with E-state index in [1.54, 1.807) is 13.2 Å². The third-order valence-corrected chi connectivity index (χ3v) is 3.25. The summed E-state index contributed by atoms with van der Waals surface area (Å²) in [5.41, 5.74) is 6.36. The van der Waals surface area contributed by atoms with Gasteiger partial charge in [0.05, 0.1) is 6.04 Å². The van der Waals surface area contributed by atoms with Crippen molar-refractivity contribution in [3.05, 3.63) is 11.9 Å². The van der Waals surface area contributed by atoms with Crippen LogP contribution in [0.15, 0.2) is 11.9 Å². The van der Waals surface area contributed by atoms with Crippen LogP contribution < -0.4 is 21.6 Å². The smallest absolute Gasteiger partial charge is 0.246 e. The van der Waals surface area contributed by atoms with Gasteiger partial charge in [-0.3, -0.25) is 4.79 Å². The van der Waals surface area contributed by atoms with Crippen LogP contribution in [0.3, 0.4) is 0 Å². The van der Waals surface area contributed by atoms with E-state index in [0.29, 0.717) is 31.5 Å². The number of nitrogens with zero attached hydrogens (tertiary/aromatic N) is 1. The lowest BCUT2D eigenvalue weighted by Gasteiger charge is -2.17. The van der Waals surface area contributed by atoms with Gasteiger partial charge in [0.1, 0.15) is 5.78 Å². The number of hydrogen-bond donors (Lipinski definition) is 5. The minimum Gasteiger partial charge on any atom is -0.401 e. The average Bonchev–Trinajstić information content (AvgIpc) is 2.44. The molecule has 6 N–H and O–H groups in total. The topological polar surface area (TPSA) is 113 Å². The van der Waals surface area contributed by atoms with E-state index in [0.717, 1.165) is 12.8 Å². The summed E-state index contributed by atoms with van der Waals surface area (Å²) in [6.45, 7) is 2.17. The van der Waals surface area contributed by atoms with Gasteiger partial charge in [-0.1, -0.05) is 12.8 Å². The summed E-state index contributed by atoms with van der Waals surface area (Å²) in [7, 11) is 1.74. The molecule has 0 aromatic rings. The summed E-state index contributed by atoms with van der Waals surface area (Å²) in [5.74, 6) is 5.77. The van der Waals surface area contributed by atoms with Crippen LogP contribution >= 0.6 is 12.8 Å². The van der Waals surface area contributed by atoms with Gasteiger partial charge in [0.15, 0.2) is 0 Å². The lowest BCUT2D eigenvalue weighted by atomic mass is 10.1. The molecule has 1 amide bonds. The molecule has 0 fully saturated rings. The number of carbonyl (C=O) groups excluding carboxylic acids is 2. The fraction of sp³-hybridized carbons (Fsp3) is 0.692. The molecule has 0 heterocycles. The third kappa shape index (κ3) is 10.2. The highest BCUT2D eigenvalue weighted by Crippen LogP contribution is 2.04. The summed E-state index contributed by atoms with van der Waals surface area (Å²) < 4.78 is 2.32. The third-order valence-electron chi connectivity index (χ3n) is 3.03. The highest BCUT2D eigenvalue weighted by molar-refractivity contribution is 7.78. The number of amides is 1. The van der Waals surface area contributed by atoms with Crippen molar-refractivity contribution in [2.24, 2.45) is 11.6 Å². The van der Waals surface area contributed by atoms with Gasteiger partial charge in [-0.2, -0.15) is 0 Å². The SMILES string of the molecule is CNC(CCCCN(N)/C=C(\N)CCC(C)=O)C(=O)NS. The molecule has 21 heavy (non-hydrogen) atoms. The van der Waals surface area contributed by atoms with Crippen LogP contribution in [0.1, 0.15) is 39.0 Å². The Kier molecular flexibility index (Phi) is 10.7. The lowest BCUT2D eigenvalue weighted by molar-refractivity contribution is -0.121. The number of ketones is 1. The zero-order chi connectivity index (χ0) is 16.3. The molecule has 0 radical (unpaired) electrons. The van der Waals surface area contributed by atoms with Crippen molar-refractivity contribution in [3.8, 4) is 0 Å². The summed E-state index contributed by atoms with van der Waals surface area (Å²) in [6, 6.07) is -0.245. The second-order valence-corrected chi connectivity index (χ2v) is 5.18. The van der Waals surface area contributed by atoms with E-state index in [9.17, 15) is 9.59 Å². The molecule has 0 aromatic carbocycles. The Bertz CT molecular complexity index is 362. The van der Waals surface area contributed by atoms with E-state index in [2.05, 4.69) is 22.9 Å². The molecule has 0 aliphatic heterocycles. The Balaban J connectivity index is 3.92. The maximum atomic E-state index is 11.4. The molecule has 122 valence electrons. The van der Waals surface area contributed by atoms with E-state index in [4.69, 9.17) is 11.6 Å². The van der Waals surface area contributed by atoms with Gasteiger partial charge in [-0.25, -0.2) is 5.84 Å². The predicted octanol–water partition coefficient (Wildman–Crippen LogP) is 0.0507. The number of likely N-dealkylation sites (N-methyl/N-ethyl adjacent to an activating group) is 1. The van der Waals surface area contributed by atoms with Gasteiger partial charge in [0.2, 0.25) is 5.91 Å². The highest BCUT2D eigenvalue weighted by atomic mass is 32.1. The predicted molar refractivity (Wildman–Crippen MR) is 86.9 cm³/mol. The first-order chi connectivity index (χ1) is 9.90. The molecule has 0 aromatic heterocycles. The Labute approximate surface area is 132 Å². The van der Waals surface area contributed by atoms with Crippen molar-refractivity contribution in [3.63, 3.8) is 0 Å². The summed E-state index contributed by atoms with van der Waals surface area (Å²) in [6.07, 6.45) is 5.00. The molecule has 1 unspecified atom stereocenters. The van der Waals surface area contributed by atoms with Gasteiger partial charge in [-0.05, 0) is 39.7 Å². The number of allylic oxidation sites excluding steroid dienone is 1. The number of rotatable bonds is 11. The number of hydrazine groups is 1. The van der Waals surface area contributed by atoms with Gasteiger partial charge in [-0.15, -0.1) is 0 Å². The molecular formula is C13H27N5O2S. The molecule has 0 saturated carbocycles. The largest absolute Gasteiger partial charge is 0.401 e. The Morgan fingerprint density at radius 1 is 1.33 bits per heavy atom. The van der Waals surface area contributed by atoms with Crippen LogP contribution in [0.25, 0.3) is 0 Å². The van der Waals surface area contributed by atoms with Crippen molar-refractivity contribution in [2.45, 2.75) is 45.1 Å². The van der Waals surface area contributed by atoms with Gasteiger partial charge in [0, 0.05) is 24.9 Å². The number of nitrogens with two attached hydrogens (primary N) is 2. The quantitative estimate of drug-likeness (QED) is 0.159. The number of hydrogen-bond acceptors (Lipinski definition) is 7. The second-order valence-electron chi connectivity index (χ2n) is 4.96. The van der Waals surface area contributed by atoms with Crippen molar-refractivity contribution in [1.29, 1.82) is 0 Å². The van der Waals surface area contributed by atoms with Crippen LogP contribution in [0.4, 0.5) is 0 Å². The van der Waals surface area contributed by atoms with Gasteiger partial charge >= 0.3 is 0 Å². The first kappa shape index (κ1) is 19.8. The minimum atomic E-state index is -0.245. The summed E-state index contributed by atoms with van der Waals surface area (Å²) in [5, 5.41) is 4.45. The van der Waals surface area contributed by atoms with Crippen LogP contribution in [0, 0.1) is 0 Å². The van der Waals surface area contributed by atoms with Gasteiger partial charge in [0.25, 0.3) is 0 Å². The molecule has 0 spiro atoms. The number of thiol groups is 1. The van der Waals surface area contributed by atoms with Crippen LogP contribution in [-0.4, -0.2) is 36.3 Å². The molecular weight excluding hydrogens is 290 g/mol. The number of carbonyl (C=O) groups is 2. The molecule has 8 heteroatoms. The van der Waals surface area contributed by atoms with Crippen LogP contribution in [0.5, 0.6) is 0 Å². The maximum absolute atomic E-state index is 11.4. The lowest BCUT2D eigenvalue weighted by Crippen LogP contribution is -2.39. The standard InChI is InChI=1S/C13H27N5O2S/c1-10(19)6-7-11(14)9-18(15)8-4-3-5-12(16-2)13(20)17-21/h9,12,16,21H,3-8,14-15H2,1-2H3,(H,17,20)/b11-9-. The van der Waals surface area contributed by atoms with E-state index >= 15 is 0 Å². The molecule has 0 aliphatic rings. The maximum Gasteiger partial charge on any atom is 0.246 e. The first-order valence-electron chi connectivity index (χ1n) is 6.98. The average molecular weight is 317 g/mol. The normalized spacial score (nSPS) is 12.9. The molecule has 1 atom stereocenters. The fourth-order valence-electron chi connectivity index (χ4n) is 1.79. The minimum absolute atomic E-state index is 0.107. The van der Waals surface area contributed by atoms with E-state index in [1.165, 1.54) is 11.9 Å². The van der Waals surface area contributed by atoms with Crippen LogP contribution in [-0.2, 0) is 9.59 Å². The Hall–Kier alpha value is -1.25. The molecule has 0 aliphatic carbocycles. The van der Waals surface area contributed by atoms with Gasteiger partial charge < -0.3 is 25.6 Å². The highest BCUT2D eigenvalue weighted by Gasteiger charge is 2.14. The molecule has 0 bridgehead atoms. The van der Waals surface area contributed by atoms with Crippen molar-refractivity contribution in [1.82, 2.24) is 15.0 Å². The second kappa shape index (κ2) is 11.4. The van der Waals surface area contributed by atoms with Crippen molar-refractivity contribution < 1.29 is 9.59 Å². The fourth-order valence-corrected chi connectivity index (χ4v) is 1.95. The van der Waals surface area contributed by atoms with Crippen molar-refractivity contribution >= 4 is 24.5 Å². The number of nitrogens with one attached hydrogen (secondary N) is 2.